The van der Waals surface area contributed by atoms with Crippen molar-refractivity contribution in [1.29, 1.82) is 0 Å². The fourth-order valence-electron chi connectivity index (χ4n) is 2.40. The van der Waals surface area contributed by atoms with Gasteiger partial charge in [0.25, 0.3) is 0 Å². The van der Waals surface area contributed by atoms with Crippen LogP contribution in [0, 0.1) is 11.3 Å². The maximum atomic E-state index is 12.3. The maximum absolute atomic E-state index is 12.3. The van der Waals surface area contributed by atoms with Gasteiger partial charge in [0.05, 0.1) is 11.3 Å². The van der Waals surface area contributed by atoms with E-state index >= 15 is 0 Å². The van der Waals surface area contributed by atoms with Crippen LogP contribution in [0.1, 0.15) is 12.8 Å². The van der Waals surface area contributed by atoms with Crippen molar-refractivity contribution in [1.82, 2.24) is 4.90 Å². The average Bonchev–Trinajstić information content (AvgIpc) is 2.27. The molecule has 2 aliphatic rings. The van der Waals surface area contributed by atoms with E-state index in [-0.39, 0.29) is 5.91 Å². The number of carboxylic acid groups (broad SMARTS) is 1. The van der Waals surface area contributed by atoms with E-state index in [4.69, 9.17) is 15.6 Å². The van der Waals surface area contributed by atoms with Crippen molar-refractivity contribution >= 4 is 11.9 Å². The van der Waals surface area contributed by atoms with Gasteiger partial charge in [-0.05, 0) is 12.8 Å². The van der Waals surface area contributed by atoms with Crippen LogP contribution < -0.4 is 5.73 Å². The fourth-order valence-corrected chi connectivity index (χ4v) is 2.40. The Morgan fingerprint density at radius 1 is 1.35 bits per heavy atom. The number of hydrogen-bond donors (Lipinski definition) is 2. The Morgan fingerprint density at radius 2 is 1.94 bits per heavy atom. The Balaban J connectivity index is 1.97. The highest BCUT2D eigenvalue weighted by molar-refractivity contribution is 5.86. The molecule has 6 heteroatoms. The number of rotatable bonds is 3. The number of aliphatic carboxylic acids is 1. The molecule has 0 saturated carbocycles. The van der Waals surface area contributed by atoms with Crippen LogP contribution in [0.3, 0.4) is 0 Å². The van der Waals surface area contributed by atoms with Crippen LogP contribution in [0.2, 0.25) is 0 Å². The number of hydrogen-bond acceptors (Lipinski definition) is 4. The molecule has 96 valence electrons. The summed E-state index contributed by atoms with van der Waals surface area (Å²) in [5.74, 6) is -1.24. The van der Waals surface area contributed by atoms with Crippen LogP contribution in [-0.4, -0.2) is 54.7 Å². The lowest BCUT2D eigenvalue weighted by Crippen LogP contribution is -2.59. The molecule has 1 amide bonds. The maximum Gasteiger partial charge on any atom is 0.310 e. The van der Waals surface area contributed by atoms with Gasteiger partial charge in [-0.1, -0.05) is 0 Å². The lowest BCUT2D eigenvalue weighted by molar-refractivity contribution is -0.161. The minimum absolute atomic E-state index is 0.000741. The topological polar surface area (TPSA) is 92.9 Å². The molecule has 0 radical (unpaired) electrons. The molecule has 2 heterocycles. The molecule has 0 unspecified atom stereocenters. The fraction of sp³-hybridized carbons (Fsp3) is 0.818. The molecular formula is C11H18N2O4. The molecule has 0 bridgehead atoms. The molecular weight excluding hydrogens is 224 g/mol. The summed E-state index contributed by atoms with van der Waals surface area (Å²) in [5.41, 5.74) is 5.20. The molecule has 0 aromatic carbocycles. The Kier molecular flexibility index (Phi) is 3.35. The predicted molar refractivity (Wildman–Crippen MR) is 59.2 cm³/mol. The number of carbonyl (C=O) groups is 2. The molecule has 0 aromatic heterocycles. The minimum Gasteiger partial charge on any atom is -0.481 e. The highest BCUT2D eigenvalue weighted by atomic mass is 16.5. The van der Waals surface area contributed by atoms with E-state index in [9.17, 15) is 9.59 Å². The molecule has 3 N–H and O–H groups in total. The first kappa shape index (κ1) is 12.3. The lowest BCUT2D eigenvalue weighted by Gasteiger charge is -2.44. The van der Waals surface area contributed by atoms with Crippen molar-refractivity contribution in [3.8, 4) is 0 Å². The van der Waals surface area contributed by atoms with E-state index < -0.39 is 17.3 Å². The summed E-state index contributed by atoms with van der Waals surface area (Å²) in [4.78, 5) is 24.6. The zero-order valence-electron chi connectivity index (χ0n) is 9.72. The SMILES string of the molecule is NCC1(C(=O)N2CC(C(=O)O)C2)CCOCC1. The Bertz CT molecular complexity index is 319. The van der Waals surface area contributed by atoms with Crippen molar-refractivity contribution < 1.29 is 19.4 Å². The smallest absolute Gasteiger partial charge is 0.310 e. The van der Waals surface area contributed by atoms with Crippen LogP contribution in [-0.2, 0) is 14.3 Å². The molecule has 0 aromatic rings. The van der Waals surface area contributed by atoms with Crippen LogP contribution in [0.15, 0.2) is 0 Å². The highest BCUT2D eigenvalue weighted by Crippen LogP contribution is 2.34. The quantitative estimate of drug-likeness (QED) is 0.681. The van der Waals surface area contributed by atoms with Crippen LogP contribution in [0.4, 0.5) is 0 Å². The van der Waals surface area contributed by atoms with E-state index in [2.05, 4.69) is 0 Å². The second kappa shape index (κ2) is 4.62. The van der Waals surface area contributed by atoms with Gasteiger partial charge >= 0.3 is 5.97 Å². The monoisotopic (exact) mass is 242 g/mol. The van der Waals surface area contributed by atoms with E-state index in [1.54, 1.807) is 4.90 Å². The van der Waals surface area contributed by atoms with Crippen LogP contribution >= 0.6 is 0 Å². The molecule has 0 aliphatic carbocycles. The zero-order chi connectivity index (χ0) is 12.5. The van der Waals surface area contributed by atoms with Crippen molar-refractivity contribution in [2.24, 2.45) is 17.1 Å². The lowest BCUT2D eigenvalue weighted by atomic mass is 9.77. The Hall–Kier alpha value is -1.14. The van der Waals surface area contributed by atoms with Gasteiger partial charge in [0.2, 0.25) is 5.91 Å². The summed E-state index contributed by atoms with van der Waals surface area (Å²) in [6, 6.07) is 0. The summed E-state index contributed by atoms with van der Waals surface area (Å²) in [5, 5.41) is 8.78. The first-order valence-electron chi connectivity index (χ1n) is 5.89. The van der Waals surface area contributed by atoms with Crippen molar-refractivity contribution in [2.75, 3.05) is 32.8 Å². The third-order valence-electron chi connectivity index (χ3n) is 3.81. The highest BCUT2D eigenvalue weighted by Gasteiger charge is 2.46. The van der Waals surface area contributed by atoms with Gasteiger partial charge in [-0.3, -0.25) is 9.59 Å². The number of ether oxygens (including phenoxy) is 1. The molecule has 6 nitrogen and oxygen atoms in total. The summed E-state index contributed by atoms with van der Waals surface area (Å²) < 4.78 is 5.25. The molecule has 2 fully saturated rings. The summed E-state index contributed by atoms with van der Waals surface area (Å²) in [6.45, 7) is 2.05. The second-order valence-corrected chi connectivity index (χ2v) is 4.84. The number of amides is 1. The number of carbonyl (C=O) groups excluding carboxylic acids is 1. The predicted octanol–water partition coefficient (Wildman–Crippen LogP) is -0.715. The van der Waals surface area contributed by atoms with Crippen molar-refractivity contribution in [2.45, 2.75) is 12.8 Å². The average molecular weight is 242 g/mol. The molecule has 0 atom stereocenters. The molecule has 0 spiro atoms. The third-order valence-corrected chi connectivity index (χ3v) is 3.81. The molecule has 2 aliphatic heterocycles. The second-order valence-electron chi connectivity index (χ2n) is 4.84. The third kappa shape index (κ3) is 2.14. The molecule has 2 saturated heterocycles. The Morgan fingerprint density at radius 3 is 2.41 bits per heavy atom. The normalized spacial score (nSPS) is 24.2. The molecule has 2 rings (SSSR count). The van der Waals surface area contributed by atoms with Crippen molar-refractivity contribution in [3.63, 3.8) is 0 Å². The van der Waals surface area contributed by atoms with Gasteiger partial charge in [0.1, 0.15) is 0 Å². The van der Waals surface area contributed by atoms with Gasteiger partial charge in [0, 0.05) is 32.8 Å². The van der Waals surface area contributed by atoms with Gasteiger partial charge in [0.15, 0.2) is 0 Å². The van der Waals surface area contributed by atoms with Gasteiger partial charge in [-0.2, -0.15) is 0 Å². The van der Waals surface area contributed by atoms with Gasteiger partial charge < -0.3 is 20.5 Å². The summed E-state index contributed by atoms with van der Waals surface area (Å²) in [7, 11) is 0. The van der Waals surface area contributed by atoms with E-state index in [0.717, 1.165) is 0 Å². The van der Waals surface area contributed by atoms with Crippen molar-refractivity contribution in [3.05, 3.63) is 0 Å². The summed E-state index contributed by atoms with van der Waals surface area (Å²) in [6.07, 6.45) is 1.27. The Labute approximate surface area is 99.7 Å². The first-order valence-corrected chi connectivity index (χ1v) is 5.89. The van der Waals surface area contributed by atoms with Gasteiger partial charge in [-0.15, -0.1) is 0 Å². The summed E-state index contributed by atoms with van der Waals surface area (Å²) >= 11 is 0. The van der Waals surface area contributed by atoms with E-state index in [1.807, 2.05) is 0 Å². The number of nitrogens with zero attached hydrogens (tertiary/aromatic N) is 1. The number of nitrogens with two attached hydrogens (primary N) is 1. The number of likely N-dealkylation sites (tertiary alicyclic amines) is 1. The van der Waals surface area contributed by atoms with Crippen LogP contribution in [0.5, 0.6) is 0 Å². The number of carboxylic acids is 1. The van der Waals surface area contributed by atoms with Crippen LogP contribution in [0.25, 0.3) is 0 Å². The largest absolute Gasteiger partial charge is 0.481 e. The molecule has 17 heavy (non-hydrogen) atoms. The standard InChI is InChI=1S/C11H18N2O4/c12-7-11(1-3-17-4-2-11)10(16)13-5-8(6-13)9(14)15/h8H,1-7,12H2,(H,14,15). The zero-order valence-corrected chi connectivity index (χ0v) is 9.72. The van der Waals surface area contributed by atoms with Gasteiger partial charge in [-0.25, -0.2) is 0 Å². The van der Waals surface area contributed by atoms with E-state index in [1.165, 1.54) is 0 Å². The first-order chi connectivity index (χ1) is 8.09. The van der Waals surface area contributed by atoms with E-state index in [0.29, 0.717) is 45.7 Å². The minimum atomic E-state index is -0.831.